The predicted molar refractivity (Wildman–Crippen MR) is 45.1 cm³/mol. The van der Waals surface area contributed by atoms with Crippen LogP contribution in [0.2, 0.25) is 0 Å². The third-order valence-electron chi connectivity index (χ3n) is 1.66. The quantitative estimate of drug-likeness (QED) is 0.692. The molecule has 1 atom stereocenters. The smallest absolute Gasteiger partial charge is 0.131 e. The molecule has 1 rings (SSSR count). The van der Waals surface area contributed by atoms with Crippen molar-refractivity contribution in [3.8, 4) is 0 Å². The molecule has 1 unspecified atom stereocenters. The summed E-state index contributed by atoms with van der Waals surface area (Å²) in [4.78, 5) is 0. The summed E-state index contributed by atoms with van der Waals surface area (Å²) in [7, 11) is 0. The molecule has 3 N–H and O–H groups in total. The molecule has 2 nitrogen and oxygen atoms in total. The molecule has 0 amide bonds. The van der Waals surface area contributed by atoms with Crippen molar-refractivity contribution in [3.05, 3.63) is 47.7 Å². The lowest BCUT2D eigenvalue weighted by molar-refractivity contribution is 0.368. The summed E-state index contributed by atoms with van der Waals surface area (Å²) in [6, 6.07) is 1.94. The lowest BCUT2D eigenvalue weighted by atomic mass is 10.1. The molecule has 0 fully saturated rings. The van der Waals surface area contributed by atoms with Crippen molar-refractivity contribution in [1.29, 1.82) is 0 Å². The van der Waals surface area contributed by atoms with Crippen LogP contribution in [-0.2, 0) is 0 Å². The molecule has 0 aliphatic rings. The monoisotopic (exact) mass is 185 g/mol. The van der Waals surface area contributed by atoms with E-state index in [0.717, 1.165) is 6.07 Å². The highest BCUT2D eigenvalue weighted by atomic mass is 19.1. The van der Waals surface area contributed by atoms with Crippen molar-refractivity contribution in [2.45, 2.75) is 6.04 Å². The van der Waals surface area contributed by atoms with Crippen LogP contribution in [0.3, 0.4) is 0 Å². The van der Waals surface area contributed by atoms with E-state index in [4.69, 9.17) is 10.8 Å². The van der Waals surface area contributed by atoms with E-state index in [1.165, 1.54) is 6.07 Å². The molecule has 0 spiro atoms. The Kier molecular flexibility index (Phi) is 2.63. The first kappa shape index (κ1) is 9.67. The van der Waals surface area contributed by atoms with E-state index in [0.29, 0.717) is 6.07 Å². The lowest BCUT2D eigenvalue weighted by Gasteiger charge is -2.10. The third-order valence-corrected chi connectivity index (χ3v) is 1.66. The van der Waals surface area contributed by atoms with Crippen molar-refractivity contribution in [3.63, 3.8) is 0 Å². The standard InChI is InChI=1S/C9H9F2NO/c1-5(13)9(12)7-3-2-6(10)4-8(7)11/h2-4,9,13H,1,12H2. The van der Waals surface area contributed by atoms with Gasteiger partial charge in [0.15, 0.2) is 0 Å². The normalized spacial score (nSPS) is 12.5. The highest BCUT2D eigenvalue weighted by molar-refractivity contribution is 5.26. The summed E-state index contributed by atoms with van der Waals surface area (Å²) >= 11 is 0. The molecule has 0 aromatic heterocycles. The summed E-state index contributed by atoms with van der Waals surface area (Å²) in [5.74, 6) is -1.83. The molecule has 4 heteroatoms. The van der Waals surface area contributed by atoms with Crippen LogP contribution in [0.4, 0.5) is 8.78 Å². The Hall–Kier alpha value is -1.42. The fourth-order valence-electron chi connectivity index (χ4n) is 0.933. The van der Waals surface area contributed by atoms with E-state index in [1.807, 2.05) is 0 Å². The second-order valence-corrected chi connectivity index (χ2v) is 2.63. The van der Waals surface area contributed by atoms with Gasteiger partial charge in [0, 0.05) is 11.6 Å². The van der Waals surface area contributed by atoms with Gasteiger partial charge in [0.2, 0.25) is 0 Å². The summed E-state index contributed by atoms with van der Waals surface area (Å²) < 4.78 is 25.4. The zero-order valence-corrected chi connectivity index (χ0v) is 6.80. The summed E-state index contributed by atoms with van der Waals surface area (Å²) in [6.45, 7) is 3.17. The maximum atomic E-state index is 13.0. The van der Waals surface area contributed by atoms with Crippen LogP contribution in [0.1, 0.15) is 11.6 Å². The number of aliphatic hydroxyl groups is 1. The van der Waals surface area contributed by atoms with Gasteiger partial charge in [-0.1, -0.05) is 12.6 Å². The summed E-state index contributed by atoms with van der Waals surface area (Å²) in [5.41, 5.74) is 5.40. The first-order valence-corrected chi connectivity index (χ1v) is 3.60. The van der Waals surface area contributed by atoms with E-state index in [-0.39, 0.29) is 11.3 Å². The fourth-order valence-corrected chi connectivity index (χ4v) is 0.933. The second-order valence-electron chi connectivity index (χ2n) is 2.63. The van der Waals surface area contributed by atoms with Gasteiger partial charge in [-0.2, -0.15) is 0 Å². The molecular weight excluding hydrogens is 176 g/mol. The molecule has 0 saturated heterocycles. The first-order valence-electron chi connectivity index (χ1n) is 3.60. The Morgan fingerprint density at radius 2 is 2.08 bits per heavy atom. The minimum atomic E-state index is -1.01. The average molecular weight is 185 g/mol. The highest BCUT2D eigenvalue weighted by Gasteiger charge is 2.13. The molecule has 1 aromatic rings. The third kappa shape index (κ3) is 2.03. The number of halogens is 2. The molecular formula is C9H9F2NO. The Balaban J connectivity index is 3.08. The molecule has 0 heterocycles. The predicted octanol–water partition coefficient (Wildman–Crippen LogP) is 2.04. The fraction of sp³-hybridized carbons (Fsp3) is 0.111. The topological polar surface area (TPSA) is 46.2 Å². The number of benzene rings is 1. The van der Waals surface area contributed by atoms with Crippen LogP contribution in [0, 0.1) is 11.6 Å². The summed E-state index contributed by atoms with van der Waals surface area (Å²) in [5, 5.41) is 8.89. The van der Waals surface area contributed by atoms with Gasteiger partial charge in [-0.3, -0.25) is 0 Å². The lowest BCUT2D eigenvalue weighted by Crippen LogP contribution is -2.14. The van der Waals surface area contributed by atoms with E-state index in [1.54, 1.807) is 0 Å². The first-order chi connectivity index (χ1) is 6.02. The largest absolute Gasteiger partial charge is 0.511 e. The van der Waals surface area contributed by atoms with Gasteiger partial charge in [-0.25, -0.2) is 8.78 Å². The Labute approximate surface area is 74.3 Å². The number of nitrogens with two attached hydrogens (primary N) is 1. The maximum Gasteiger partial charge on any atom is 0.131 e. The van der Waals surface area contributed by atoms with Gasteiger partial charge in [-0.15, -0.1) is 0 Å². The Morgan fingerprint density at radius 1 is 1.46 bits per heavy atom. The van der Waals surface area contributed by atoms with E-state index >= 15 is 0 Å². The molecule has 0 aliphatic carbocycles. The van der Waals surface area contributed by atoms with Crippen molar-refractivity contribution < 1.29 is 13.9 Å². The SMILES string of the molecule is C=C(O)C(N)c1ccc(F)cc1F. The number of hydrogen-bond donors (Lipinski definition) is 2. The maximum absolute atomic E-state index is 13.0. The Bertz CT molecular complexity index is 338. The number of hydrogen-bond acceptors (Lipinski definition) is 2. The molecule has 1 aromatic carbocycles. The minimum Gasteiger partial charge on any atom is -0.511 e. The van der Waals surface area contributed by atoms with Crippen molar-refractivity contribution >= 4 is 0 Å². The highest BCUT2D eigenvalue weighted by Crippen LogP contribution is 2.19. The Morgan fingerprint density at radius 3 is 2.54 bits per heavy atom. The van der Waals surface area contributed by atoms with Crippen LogP contribution in [0.25, 0.3) is 0 Å². The van der Waals surface area contributed by atoms with E-state index in [9.17, 15) is 8.78 Å². The molecule has 0 radical (unpaired) electrons. The zero-order valence-electron chi connectivity index (χ0n) is 6.80. The zero-order chi connectivity index (χ0) is 10.0. The van der Waals surface area contributed by atoms with Gasteiger partial charge in [0.05, 0.1) is 6.04 Å². The van der Waals surface area contributed by atoms with Crippen LogP contribution in [0.15, 0.2) is 30.5 Å². The van der Waals surface area contributed by atoms with Crippen molar-refractivity contribution in [2.24, 2.45) is 5.73 Å². The van der Waals surface area contributed by atoms with E-state index in [2.05, 4.69) is 6.58 Å². The van der Waals surface area contributed by atoms with Gasteiger partial charge < -0.3 is 10.8 Å². The minimum absolute atomic E-state index is 0.0221. The molecule has 0 aliphatic heterocycles. The number of rotatable bonds is 2. The van der Waals surface area contributed by atoms with Crippen LogP contribution in [0.5, 0.6) is 0 Å². The van der Waals surface area contributed by atoms with Crippen LogP contribution < -0.4 is 5.73 Å². The molecule has 0 saturated carbocycles. The van der Waals surface area contributed by atoms with Crippen LogP contribution >= 0.6 is 0 Å². The number of aliphatic hydroxyl groups excluding tert-OH is 1. The second kappa shape index (κ2) is 3.53. The van der Waals surface area contributed by atoms with Crippen molar-refractivity contribution in [1.82, 2.24) is 0 Å². The summed E-state index contributed by atoms with van der Waals surface area (Å²) in [6.07, 6.45) is 0. The molecule has 0 bridgehead atoms. The van der Waals surface area contributed by atoms with E-state index < -0.39 is 17.7 Å². The van der Waals surface area contributed by atoms with Gasteiger partial charge in [0.25, 0.3) is 0 Å². The molecule has 13 heavy (non-hydrogen) atoms. The molecule has 70 valence electrons. The van der Waals surface area contributed by atoms with Crippen LogP contribution in [-0.4, -0.2) is 5.11 Å². The average Bonchev–Trinajstić information content (AvgIpc) is 2.03. The van der Waals surface area contributed by atoms with Gasteiger partial charge in [0.1, 0.15) is 17.4 Å². The van der Waals surface area contributed by atoms with Gasteiger partial charge >= 0.3 is 0 Å². The van der Waals surface area contributed by atoms with Crippen molar-refractivity contribution in [2.75, 3.05) is 0 Å². The van der Waals surface area contributed by atoms with Gasteiger partial charge in [-0.05, 0) is 6.07 Å².